The Kier molecular flexibility index (Phi) is 8.48. The van der Waals surface area contributed by atoms with E-state index in [1.165, 1.54) is 0 Å². The van der Waals surface area contributed by atoms with Crippen molar-refractivity contribution in [3.63, 3.8) is 0 Å². The number of carbonyl (C=O) groups excluding carboxylic acids is 1. The summed E-state index contributed by atoms with van der Waals surface area (Å²) < 4.78 is 71.7. The molecule has 0 aliphatic heterocycles. The summed E-state index contributed by atoms with van der Waals surface area (Å²) in [5.41, 5.74) is -1.54. The summed E-state index contributed by atoms with van der Waals surface area (Å²) in [6.45, 7) is 4.26. The number of hydrogen-bond donors (Lipinski definition) is 2. The Morgan fingerprint density at radius 2 is 1.46 bits per heavy atom. The standard InChI is InChI=1S/C16H23F5N2O2Si/c1-3-16(4-2,25-26)7-5-6-8-22-15(24)23-14-12(20)10(18)9(17)11(19)13(14)21/h3-8H2,1-2,26H3,(H2,22,23,24). The predicted octanol–water partition coefficient (Wildman–Crippen LogP) is 3.53. The van der Waals surface area contributed by atoms with E-state index in [9.17, 15) is 26.7 Å². The van der Waals surface area contributed by atoms with Gasteiger partial charge in [0, 0.05) is 6.54 Å². The fourth-order valence-electron chi connectivity index (χ4n) is 2.64. The Bertz CT molecular complexity index is 604. The summed E-state index contributed by atoms with van der Waals surface area (Å²) in [6.07, 6.45) is 3.90. The van der Waals surface area contributed by atoms with Gasteiger partial charge in [-0.05, 0) is 32.1 Å². The molecule has 0 saturated heterocycles. The van der Waals surface area contributed by atoms with E-state index in [2.05, 4.69) is 5.32 Å². The number of anilines is 1. The zero-order valence-corrected chi connectivity index (χ0v) is 16.9. The molecule has 0 radical (unpaired) electrons. The normalized spacial score (nSPS) is 11.7. The van der Waals surface area contributed by atoms with Crippen LogP contribution in [0, 0.1) is 29.1 Å². The van der Waals surface area contributed by atoms with Crippen LogP contribution in [0.4, 0.5) is 32.4 Å². The van der Waals surface area contributed by atoms with Gasteiger partial charge in [0.2, 0.25) is 5.82 Å². The number of halogens is 5. The molecule has 0 aliphatic rings. The van der Waals surface area contributed by atoms with Crippen LogP contribution in [0.2, 0.25) is 0 Å². The van der Waals surface area contributed by atoms with Gasteiger partial charge in [-0.1, -0.05) is 13.8 Å². The van der Waals surface area contributed by atoms with Crippen molar-refractivity contribution in [2.45, 2.75) is 51.6 Å². The maximum Gasteiger partial charge on any atom is 0.319 e. The Morgan fingerprint density at radius 1 is 0.962 bits per heavy atom. The molecular weight excluding hydrogens is 375 g/mol. The van der Waals surface area contributed by atoms with Gasteiger partial charge in [0.05, 0.1) is 5.60 Å². The lowest BCUT2D eigenvalue weighted by Crippen LogP contribution is -2.32. The van der Waals surface area contributed by atoms with Crippen LogP contribution in [0.3, 0.4) is 0 Å². The highest BCUT2D eigenvalue weighted by atomic mass is 28.2. The van der Waals surface area contributed by atoms with Crippen LogP contribution < -0.4 is 10.6 Å². The summed E-state index contributed by atoms with van der Waals surface area (Å²) in [6, 6.07) is -1.05. The molecule has 0 spiro atoms. The molecule has 2 N–H and O–H groups in total. The summed E-state index contributed by atoms with van der Waals surface area (Å²) in [5.74, 6) is -10.7. The average molecular weight is 398 g/mol. The van der Waals surface area contributed by atoms with E-state index >= 15 is 0 Å². The summed E-state index contributed by atoms with van der Waals surface area (Å²) >= 11 is 0. The second kappa shape index (κ2) is 9.86. The molecule has 0 aromatic heterocycles. The maximum atomic E-state index is 13.5. The Labute approximate surface area is 152 Å². The SMILES string of the molecule is CCC(CC)(CCCCNC(=O)Nc1c(F)c(F)c(F)c(F)c1F)O[SiH3]. The maximum absolute atomic E-state index is 13.5. The van der Waals surface area contributed by atoms with E-state index < -0.39 is 40.8 Å². The molecular formula is C16H23F5N2O2Si. The van der Waals surface area contributed by atoms with Crippen LogP contribution in [0.1, 0.15) is 46.0 Å². The van der Waals surface area contributed by atoms with Crippen LogP contribution in [-0.4, -0.2) is 28.7 Å². The second-order valence-electron chi connectivity index (χ2n) is 5.88. The Morgan fingerprint density at radius 3 is 1.92 bits per heavy atom. The fourth-order valence-corrected chi connectivity index (χ4v) is 3.42. The molecule has 0 saturated carbocycles. The number of unbranched alkanes of at least 4 members (excludes halogenated alkanes) is 1. The van der Waals surface area contributed by atoms with E-state index in [1.807, 2.05) is 13.8 Å². The molecule has 1 rings (SSSR count). The van der Waals surface area contributed by atoms with Gasteiger partial charge < -0.3 is 15.1 Å². The van der Waals surface area contributed by atoms with Crippen molar-refractivity contribution in [3.8, 4) is 0 Å². The van der Waals surface area contributed by atoms with Crippen molar-refractivity contribution in [1.29, 1.82) is 0 Å². The molecule has 1 aromatic carbocycles. The monoisotopic (exact) mass is 398 g/mol. The minimum Gasteiger partial charge on any atom is -0.422 e. The Balaban J connectivity index is 2.54. The molecule has 0 fully saturated rings. The minimum atomic E-state index is -2.28. The summed E-state index contributed by atoms with van der Waals surface area (Å²) in [4.78, 5) is 11.6. The molecule has 0 bridgehead atoms. The van der Waals surface area contributed by atoms with Gasteiger partial charge in [0.15, 0.2) is 23.3 Å². The number of amides is 2. The molecule has 10 heteroatoms. The molecule has 0 aliphatic carbocycles. The van der Waals surface area contributed by atoms with Gasteiger partial charge in [-0.25, -0.2) is 26.7 Å². The van der Waals surface area contributed by atoms with Crippen LogP contribution in [-0.2, 0) is 4.43 Å². The van der Waals surface area contributed by atoms with Crippen LogP contribution in [0.15, 0.2) is 0 Å². The van der Waals surface area contributed by atoms with Gasteiger partial charge in [-0.2, -0.15) is 0 Å². The van der Waals surface area contributed by atoms with Gasteiger partial charge in [0.1, 0.15) is 16.2 Å². The highest BCUT2D eigenvalue weighted by Gasteiger charge is 2.27. The lowest BCUT2D eigenvalue weighted by molar-refractivity contribution is 0.0586. The molecule has 0 atom stereocenters. The summed E-state index contributed by atoms with van der Waals surface area (Å²) in [5, 5.41) is 3.99. The fraction of sp³-hybridized carbons (Fsp3) is 0.562. The number of urea groups is 1. The van der Waals surface area contributed by atoms with Crippen molar-refractivity contribution in [2.75, 3.05) is 11.9 Å². The van der Waals surface area contributed by atoms with Crippen molar-refractivity contribution >= 4 is 22.2 Å². The summed E-state index contributed by atoms with van der Waals surface area (Å²) in [7, 11) is 0.625. The zero-order valence-electron chi connectivity index (χ0n) is 14.9. The van der Waals surface area contributed by atoms with Crippen molar-refractivity contribution in [2.24, 2.45) is 0 Å². The highest BCUT2D eigenvalue weighted by Crippen LogP contribution is 2.27. The molecule has 2 amide bonds. The molecule has 1 aromatic rings. The largest absolute Gasteiger partial charge is 0.422 e. The number of rotatable bonds is 9. The van der Waals surface area contributed by atoms with Gasteiger partial charge in [0.25, 0.3) is 0 Å². The topological polar surface area (TPSA) is 50.4 Å². The van der Waals surface area contributed by atoms with Crippen molar-refractivity contribution in [1.82, 2.24) is 5.32 Å². The third-order valence-corrected chi connectivity index (χ3v) is 5.38. The number of nitrogens with one attached hydrogen (secondary N) is 2. The van der Waals surface area contributed by atoms with Crippen molar-refractivity contribution < 1.29 is 31.2 Å². The third kappa shape index (κ3) is 5.16. The zero-order chi connectivity index (χ0) is 19.9. The lowest BCUT2D eigenvalue weighted by Gasteiger charge is -2.31. The van der Waals surface area contributed by atoms with E-state index in [1.54, 1.807) is 5.32 Å². The Hall–Kier alpha value is -1.68. The first-order valence-electron chi connectivity index (χ1n) is 8.34. The van der Waals surface area contributed by atoms with Crippen LogP contribution in [0.25, 0.3) is 0 Å². The highest BCUT2D eigenvalue weighted by molar-refractivity contribution is 5.98. The van der Waals surface area contributed by atoms with E-state index in [0.717, 1.165) is 25.7 Å². The molecule has 0 unspecified atom stereocenters. The molecule has 0 heterocycles. The number of benzene rings is 1. The smallest absolute Gasteiger partial charge is 0.319 e. The predicted molar refractivity (Wildman–Crippen MR) is 91.4 cm³/mol. The average Bonchev–Trinajstić information content (AvgIpc) is 2.65. The third-order valence-electron chi connectivity index (χ3n) is 4.51. The second-order valence-corrected chi connectivity index (χ2v) is 6.29. The lowest BCUT2D eigenvalue weighted by atomic mass is 9.91. The van der Waals surface area contributed by atoms with E-state index in [0.29, 0.717) is 16.9 Å². The van der Waals surface area contributed by atoms with E-state index in [4.69, 9.17) is 4.43 Å². The minimum absolute atomic E-state index is 0.163. The molecule has 148 valence electrons. The quantitative estimate of drug-likeness (QED) is 0.220. The first-order valence-corrected chi connectivity index (χ1v) is 9.16. The first kappa shape index (κ1) is 22.4. The molecule has 26 heavy (non-hydrogen) atoms. The van der Waals surface area contributed by atoms with E-state index in [-0.39, 0.29) is 12.1 Å². The van der Waals surface area contributed by atoms with Gasteiger partial charge in [-0.3, -0.25) is 0 Å². The van der Waals surface area contributed by atoms with Crippen molar-refractivity contribution in [3.05, 3.63) is 29.1 Å². The van der Waals surface area contributed by atoms with Gasteiger partial charge >= 0.3 is 6.03 Å². The first-order chi connectivity index (χ1) is 12.2. The van der Waals surface area contributed by atoms with Crippen LogP contribution >= 0.6 is 0 Å². The molecule has 4 nitrogen and oxygen atoms in total. The van der Waals surface area contributed by atoms with Crippen LogP contribution in [0.5, 0.6) is 0 Å². The number of carbonyl (C=O) groups is 1. The number of hydrogen-bond acceptors (Lipinski definition) is 2. The van der Waals surface area contributed by atoms with Gasteiger partial charge in [-0.15, -0.1) is 0 Å².